The van der Waals surface area contributed by atoms with Crippen molar-refractivity contribution in [3.63, 3.8) is 0 Å². The van der Waals surface area contributed by atoms with Crippen LogP contribution in [0.2, 0.25) is 0 Å². The average molecular weight is 148 g/mol. The molecular weight excluding hydrogens is 138 g/mol. The largest absolute Gasteiger partial charge is 0.296 e. The Labute approximate surface area is 58.8 Å². The van der Waals surface area contributed by atoms with Crippen LogP contribution in [0.1, 0.15) is 13.3 Å². The highest BCUT2D eigenvalue weighted by Crippen LogP contribution is 1.92. The summed E-state index contributed by atoms with van der Waals surface area (Å²) in [6.45, 7) is 1.37. The lowest BCUT2D eigenvalue weighted by Gasteiger charge is -2.06. The Morgan fingerprint density at radius 2 is 2.20 bits per heavy atom. The first kappa shape index (κ1) is 9.31. The first-order valence-electron chi connectivity index (χ1n) is 3.11. The quantitative estimate of drug-likeness (QED) is 0.649. The van der Waals surface area contributed by atoms with Gasteiger partial charge >= 0.3 is 0 Å². The van der Waals surface area contributed by atoms with Crippen LogP contribution >= 0.6 is 0 Å². The minimum absolute atomic E-state index is 0.397. The zero-order valence-corrected chi connectivity index (χ0v) is 5.77. The molecule has 0 heterocycles. The molecule has 1 N–H and O–H groups in total. The van der Waals surface area contributed by atoms with Crippen molar-refractivity contribution in [1.29, 1.82) is 5.26 Å². The second-order valence-corrected chi connectivity index (χ2v) is 1.89. The SMILES string of the molecule is CCC(C#N)NCC(F)F. The van der Waals surface area contributed by atoms with Gasteiger partial charge in [0.15, 0.2) is 0 Å². The molecule has 1 unspecified atom stereocenters. The molecule has 0 aliphatic carbocycles. The number of hydrogen-bond donors (Lipinski definition) is 1. The number of nitrogens with one attached hydrogen (secondary N) is 1. The molecule has 0 aromatic carbocycles. The topological polar surface area (TPSA) is 35.8 Å². The summed E-state index contributed by atoms with van der Waals surface area (Å²) in [5.74, 6) is 0. The molecule has 4 heteroatoms. The maximum absolute atomic E-state index is 11.5. The molecule has 0 spiro atoms. The summed E-state index contributed by atoms with van der Waals surface area (Å²) in [6, 6.07) is 1.43. The lowest BCUT2D eigenvalue weighted by Crippen LogP contribution is -2.31. The van der Waals surface area contributed by atoms with E-state index < -0.39 is 19.0 Å². The van der Waals surface area contributed by atoms with Gasteiger partial charge in [0, 0.05) is 0 Å². The van der Waals surface area contributed by atoms with Gasteiger partial charge in [-0.2, -0.15) is 5.26 Å². The summed E-state index contributed by atoms with van der Waals surface area (Å²) in [6.07, 6.45) is -1.81. The predicted octanol–water partition coefficient (Wildman–Crippen LogP) is 1.14. The van der Waals surface area contributed by atoms with Gasteiger partial charge in [-0.3, -0.25) is 5.32 Å². The molecule has 1 atom stereocenters. The van der Waals surface area contributed by atoms with Crippen molar-refractivity contribution >= 4 is 0 Å². The summed E-state index contributed by atoms with van der Waals surface area (Å²) in [5, 5.41) is 10.7. The number of alkyl halides is 2. The lowest BCUT2D eigenvalue weighted by molar-refractivity contribution is 0.143. The Morgan fingerprint density at radius 1 is 1.60 bits per heavy atom. The lowest BCUT2D eigenvalue weighted by atomic mass is 10.2. The number of rotatable bonds is 4. The van der Waals surface area contributed by atoms with Crippen LogP contribution < -0.4 is 5.32 Å². The molecule has 0 saturated heterocycles. The summed E-state index contributed by atoms with van der Waals surface area (Å²) in [5.41, 5.74) is 0. The van der Waals surface area contributed by atoms with Crippen LogP contribution in [0.5, 0.6) is 0 Å². The summed E-state index contributed by atoms with van der Waals surface area (Å²) >= 11 is 0. The Balaban J connectivity index is 3.38. The molecule has 0 amide bonds. The fourth-order valence-electron chi connectivity index (χ4n) is 0.513. The third-order valence-corrected chi connectivity index (χ3v) is 1.08. The number of nitrogens with zero attached hydrogens (tertiary/aromatic N) is 1. The third kappa shape index (κ3) is 4.21. The van der Waals surface area contributed by atoms with Gasteiger partial charge in [0.05, 0.1) is 18.7 Å². The van der Waals surface area contributed by atoms with Crippen LogP contribution in [0.4, 0.5) is 8.78 Å². The molecule has 0 aliphatic heterocycles. The maximum atomic E-state index is 11.5. The molecule has 0 aliphatic rings. The summed E-state index contributed by atoms with van der Waals surface area (Å²) in [4.78, 5) is 0. The van der Waals surface area contributed by atoms with Crippen molar-refractivity contribution in [2.24, 2.45) is 0 Å². The fourth-order valence-corrected chi connectivity index (χ4v) is 0.513. The fraction of sp³-hybridized carbons (Fsp3) is 0.833. The van der Waals surface area contributed by atoms with E-state index >= 15 is 0 Å². The molecule has 10 heavy (non-hydrogen) atoms. The molecular formula is C6H10F2N2. The second kappa shape index (κ2) is 5.12. The van der Waals surface area contributed by atoms with Crippen LogP contribution in [-0.4, -0.2) is 19.0 Å². The summed E-state index contributed by atoms with van der Waals surface area (Å²) in [7, 11) is 0. The Kier molecular flexibility index (Phi) is 4.77. The van der Waals surface area contributed by atoms with Gasteiger partial charge in [0.25, 0.3) is 6.43 Å². The zero-order chi connectivity index (χ0) is 7.98. The normalized spacial score (nSPS) is 13.1. The van der Waals surface area contributed by atoms with E-state index in [4.69, 9.17) is 5.26 Å². The van der Waals surface area contributed by atoms with Crippen molar-refractivity contribution in [1.82, 2.24) is 5.32 Å². The number of hydrogen-bond acceptors (Lipinski definition) is 2. The van der Waals surface area contributed by atoms with Crippen molar-refractivity contribution in [3.05, 3.63) is 0 Å². The Morgan fingerprint density at radius 3 is 2.50 bits per heavy atom. The molecule has 0 bridgehead atoms. The van der Waals surface area contributed by atoms with Crippen molar-refractivity contribution in [2.45, 2.75) is 25.8 Å². The molecule has 0 radical (unpaired) electrons. The first-order chi connectivity index (χ1) is 4.70. The average Bonchev–Trinajstić information content (AvgIpc) is 1.90. The molecule has 0 saturated carbocycles. The van der Waals surface area contributed by atoms with Gasteiger partial charge < -0.3 is 0 Å². The van der Waals surface area contributed by atoms with Crippen molar-refractivity contribution < 1.29 is 8.78 Å². The predicted molar refractivity (Wildman–Crippen MR) is 33.7 cm³/mol. The van der Waals surface area contributed by atoms with Crippen LogP contribution in [0.3, 0.4) is 0 Å². The van der Waals surface area contributed by atoms with E-state index in [0.717, 1.165) is 0 Å². The Hall–Kier alpha value is -0.690. The first-order valence-corrected chi connectivity index (χ1v) is 3.11. The monoisotopic (exact) mass is 148 g/mol. The van der Waals surface area contributed by atoms with E-state index in [1.807, 2.05) is 6.07 Å². The van der Waals surface area contributed by atoms with Gasteiger partial charge in [0.1, 0.15) is 0 Å². The second-order valence-electron chi connectivity index (χ2n) is 1.89. The molecule has 0 aromatic heterocycles. The molecule has 58 valence electrons. The molecule has 0 fully saturated rings. The van der Waals surface area contributed by atoms with Crippen LogP contribution in [-0.2, 0) is 0 Å². The highest BCUT2D eigenvalue weighted by atomic mass is 19.3. The minimum atomic E-state index is -2.37. The van der Waals surface area contributed by atoms with Crippen LogP contribution in [0.25, 0.3) is 0 Å². The molecule has 2 nitrogen and oxygen atoms in total. The van der Waals surface area contributed by atoms with E-state index in [2.05, 4.69) is 5.32 Å². The highest BCUT2D eigenvalue weighted by Gasteiger charge is 2.06. The van der Waals surface area contributed by atoms with Crippen LogP contribution in [0.15, 0.2) is 0 Å². The molecule has 0 aromatic rings. The van der Waals surface area contributed by atoms with E-state index in [-0.39, 0.29) is 0 Å². The Bertz CT molecular complexity index is 119. The van der Waals surface area contributed by atoms with Gasteiger partial charge in [-0.05, 0) is 6.42 Å². The minimum Gasteiger partial charge on any atom is -0.296 e. The van der Waals surface area contributed by atoms with Crippen molar-refractivity contribution in [2.75, 3.05) is 6.54 Å². The van der Waals surface area contributed by atoms with Crippen LogP contribution in [0, 0.1) is 11.3 Å². The molecule has 0 rings (SSSR count). The van der Waals surface area contributed by atoms with Crippen molar-refractivity contribution in [3.8, 4) is 6.07 Å². The number of nitriles is 1. The third-order valence-electron chi connectivity index (χ3n) is 1.08. The number of halogens is 2. The van der Waals surface area contributed by atoms with Gasteiger partial charge in [0.2, 0.25) is 0 Å². The summed E-state index contributed by atoms with van der Waals surface area (Å²) < 4.78 is 23.0. The van der Waals surface area contributed by atoms with E-state index in [1.165, 1.54) is 0 Å². The zero-order valence-electron chi connectivity index (χ0n) is 5.77. The van der Waals surface area contributed by atoms with E-state index in [1.54, 1.807) is 6.92 Å². The maximum Gasteiger partial charge on any atom is 0.250 e. The standard InChI is InChI=1S/C6H10F2N2/c1-2-5(3-9)10-4-6(7)8/h5-6,10H,2,4H2,1H3. The van der Waals surface area contributed by atoms with Gasteiger partial charge in [-0.1, -0.05) is 6.92 Å². The van der Waals surface area contributed by atoms with E-state index in [0.29, 0.717) is 6.42 Å². The van der Waals surface area contributed by atoms with E-state index in [9.17, 15) is 8.78 Å². The highest BCUT2D eigenvalue weighted by molar-refractivity contribution is 4.88. The van der Waals surface area contributed by atoms with Gasteiger partial charge in [-0.25, -0.2) is 8.78 Å². The van der Waals surface area contributed by atoms with Gasteiger partial charge in [-0.15, -0.1) is 0 Å². The smallest absolute Gasteiger partial charge is 0.250 e.